The largest absolute Gasteiger partial charge is 0.435 e. The number of carbonyl (C=O) groups is 2. The van der Waals surface area contributed by atoms with E-state index < -0.39 is 23.7 Å². The third-order valence-corrected chi connectivity index (χ3v) is 3.50. The predicted octanol–water partition coefficient (Wildman–Crippen LogP) is 3.12. The summed E-state index contributed by atoms with van der Waals surface area (Å²) in [6.45, 7) is -2.96. The standard InChI is InChI=1S/C13H11ClF2O3/c14-12(18)7-5-9(10(17)6-7)8-3-1-2-4-11(8)19-13(15)16/h1-4,7,9,13H,5-6H2/t7-,9+/m1/s1. The van der Waals surface area contributed by atoms with Crippen LogP contribution in [0, 0.1) is 5.92 Å². The minimum atomic E-state index is -2.96. The highest BCUT2D eigenvalue weighted by Crippen LogP contribution is 2.40. The van der Waals surface area contributed by atoms with Gasteiger partial charge in [-0.2, -0.15) is 8.78 Å². The fourth-order valence-electron chi connectivity index (χ4n) is 2.33. The molecule has 19 heavy (non-hydrogen) atoms. The van der Waals surface area contributed by atoms with Gasteiger partial charge in [-0.1, -0.05) is 18.2 Å². The molecule has 1 saturated carbocycles. The third-order valence-electron chi connectivity index (χ3n) is 3.19. The maximum Gasteiger partial charge on any atom is 0.387 e. The normalized spacial score (nSPS) is 22.8. The molecule has 6 heteroatoms. The van der Waals surface area contributed by atoms with Gasteiger partial charge in [0.05, 0.1) is 0 Å². The zero-order valence-corrected chi connectivity index (χ0v) is 10.6. The molecule has 3 nitrogen and oxygen atoms in total. The first-order valence-electron chi connectivity index (χ1n) is 5.75. The number of rotatable bonds is 4. The lowest BCUT2D eigenvalue weighted by atomic mass is 9.95. The number of ether oxygens (including phenoxy) is 1. The molecule has 0 aliphatic heterocycles. The first kappa shape index (κ1) is 13.9. The molecular formula is C13H11ClF2O3. The van der Waals surface area contributed by atoms with Gasteiger partial charge in [0.25, 0.3) is 0 Å². The van der Waals surface area contributed by atoms with Crippen molar-refractivity contribution in [3.63, 3.8) is 0 Å². The quantitative estimate of drug-likeness (QED) is 0.800. The smallest absolute Gasteiger partial charge is 0.387 e. The topological polar surface area (TPSA) is 43.4 Å². The Bertz CT molecular complexity index is 504. The molecule has 0 radical (unpaired) electrons. The average Bonchev–Trinajstić information content (AvgIpc) is 2.71. The van der Waals surface area contributed by atoms with Crippen molar-refractivity contribution in [1.82, 2.24) is 0 Å². The number of carbonyl (C=O) groups excluding carboxylic acids is 2. The van der Waals surface area contributed by atoms with E-state index in [1.165, 1.54) is 6.07 Å². The minimum absolute atomic E-state index is 0.0291. The number of Topliss-reactive ketones (excluding diaryl/α,β-unsaturated/α-hetero) is 1. The first-order valence-corrected chi connectivity index (χ1v) is 6.12. The summed E-state index contributed by atoms with van der Waals surface area (Å²) in [5.74, 6) is -1.36. The highest BCUT2D eigenvalue weighted by Gasteiger charge is 2.38. The van der Waals surface area contributed by atoms with Crippen LogP contribution in [0.4, 0.5) is 8.78 Å². The number of hydrogen-bond donors (Lipinski definition) is 0. The molecule has 0 spiro atoms. The van der Waals surface area contributed by atoms with Gasteiger partial charge in [-0.3, -0.25) is 9.59 Å². The lowest BCUT2D eigenvalue weighted by molar-refractivity contribution is -0.121. The molecule has 1 fully saturated rings. The molecule has 0 aromatic heterocycles. The Morgan fingerprint density at radius 2 is 2.05 bits per heavy atom. The van der Waals surface area contributed by atoms with Crippen LogP contribution >= 0.6 is 11.6 Å². The number of hydrogen-bond acceptors (Lipinski definition) is 3. The van der Waals surface area contributed by atoms with E-state index in [2.05, 4.69) is 4.74 Å². The Morgan fingerprint density at radius 3 is 2.63 bits per heavy atom. The van der Waals surface area contributed by atoms with Crippen LogP contribution in [-0.4, -0.2) is 17.6 Å². The molecular weight excluding hydrogens is 278 g/mol. The SMILES string of the molecule is O=C(Cl)[C@H]1CC(=O)[C@H](c2ccccc2OC(F)F)C1. The summed E-state index contributed by atoms with van der Waals surface area (Å²) in [5, 5.41) is -0.567. The van der Waals surface area contributed by atoms with Crippen molar-refractivity contribution >= 4 is 22.6 Å². The number of benzene rings is 1. The predicted molar refractivity (Wildman–Crippen MR) is 64.4 cm³/mol. The van der Waals surface area contributed by atoms with Gasteiger partial charge in [0.1, 0.15) is 11.5 Å². The van der Waals surface area contributed by atoms with Crippen molar-refractivity contribution in [2.24, 2.45) is 5.92 Å². The number of ketones is 1. The van der Waals surface area contributed by atoms with Gasteiger partial charge in [0, 0.05) is 23.8 Å². The van der Waals surface area contributed by atoms with Crippen LogP contribution in [0.25, 0.3) is 0 Å². The molecule has 0 heterocycles. The summed E-state index contributed by atoms with van der Waals surface area (Å²) >= 11 is 5.38. The Morgan fingerprint density at radius 1 is 1.37 bits per heavy atom. The van der Waals surface area contributed by atoms with Crippen molar-refractivity contribution in [3.8, 4) is 5.75 Å². The van der Waals surface area contributed by atoms with Crippen molar-refractivity contribution in [2.45, 2.75) is 25.4 Å². The number of halogens is 3. The van der Waals surface area contributed by atoms with E-state index in [-0.39, 0.29) is 24.4 Å². The summed E-state index contributed by atoms with van der Waals surface area (Å²) in [7, 11) is 0. The third kappa shape index (κ3) is 3.10. The Hall–Kier alpha value is -1.49. The highest BCUT2D eigenvalue weighted by molar-refractivity contribution is 6.64. The van der Waals surface area contributed by atoms with E-state index in [1.54, 1.807) is 18.2 Å². The molecule has 1 aliphatic carbocycles. The summed E-state index contributed by atoms with van der Waals surface area (Å²) in [4.78, 5) is 23.0. The molecule has 0 unspecified atom stereocenters. The van der Waals surface area contributed by atoms with Gasteiger partial charge in [0.15, 0.2) is 0 Å². The minimum Gasteiger partial charge on any atom is -0.435 e. The van der Waals surface area contributed by atoms with Crippen LogP contribution in [0.1, 0.15) is 24.3 Å². The summed E-state index contributed by atoms with van der Waals surface area (Å²) in [5.41, 5.74) is 0.383. The van der Waals surface area contributed by atoms with E-state index in [9.17, 15) is 18.4 Å². The number of para-hydroxylation sites is 1. The van der Waals surface area contributed by atoms with Crippen LogP contribution in [0.5, 0.6) is 5.75 Å². The second kappa shape index (κ2) is 5.65. The van der Waals surface area contributed by atoms with Gasteiger partial charge < -0.3 is 4.74 Å². The average molecular weight is 289 g/mol. The maximum atomic E-state index is 12.3. The van der Waals surface area contributed by atoms with Crippen LogP contribution in [0.2, 0.25) is 0 Å². The van der Waals surface area contributed by atoms with E-state index in [4.69, 9.17) is 11.6 Å². The van der Waals surface area contributed by atoms with Gasteiger partial charge in [0.2, 0.25) is 5.24 Å². The lowest BCUT2D eigenvalue weighted by Gasteiger charge is -2.14. The molecule has 1 aromatic carbocycles. The maximum absolute atomic E-state index is 12.3. The molecule has 2 rings (SSSR count). The van der Waals surface area contributed by atoms with Gasteiger partial charge in [-0.15, -0.1) is 0 Å². The van der Waals surface area contributed by atoms with Crippen LogP contribution in [0.15, 0.2) is 24.3 Å². The van der Waals surface area contributed by atoms with Crippen LogP contribution in [0.3, 0.4) is 0 Å². The van der Waals surface area contributed by atoms with E-state index in [1.807, 2.05) is 0 Å². The number of alkyl halides is 2. The fourth-order valence-corrected chi connectivity index (χ4v) is 2.50. The fraction of sp³-hybridized carbons (Fsp3) is 0.385. The molecule has 0 bridgehead atoms. The molecule has 0 amide bonds. The molecule has 102 valence electrons. The van der Waals surface area contributed by atoms with Gasteiger partial charge >= 0.3 is 6.61 Å². The highest BCUT2D eigenvalue weighted by atomic mass is 35.5. The monoisotopic (exact) mass is 288 g/mol. The van der Waals surface area contributed by atoms with Crippen LogP contribution in [-0.2, 0) is 9.59 Å². The molecule has 1 aliphatic rings. The summed E-state index contributed by atoms with van der Waals surface area (Å²) in [6.07, 6.45) is 0.292. The Labute approximate surface area is 113 Å². The summed E-state index contributed by atoms with van der Waals surface area (Å²) in [6, 6.07) is 6.12. The Balaban J connectivity index is 2.27. The zero-order valence-electron chi connectivity index (χ0n) is 9.81. The van der Waals surface area contributed by atoms with Crippen molar-refractivity contribution in [2.75, 3.05) is 0 Å². The summed E-state index contributed by atoms with van der Waals surface area (Å²) < 4.78 is 29.0. The van der Waals surface area contributed by atoms with Crippen molar-refractivity contribution in [3.05, 3.63) is 29.8 Å². The second-order valence-electron chi connectivity index (χ2n) is 4.38. The van der Waals surface area contributed by atoms with E-state index in [0.717, 1.165) is 0 Å². The van der Waals surface area contributed by atoms with Crippen LogP contribution < -0.4 is 4.74 Å². The van der Waals surface area contributed by atoms with Gasteiger partial charge in [-0.05, 0) is 24.1 Å². The zero-order chi connectivity index (χ0) is 14.0. The first-order chi connectivity index (χ1) is 8.99. The second-order valence-corrected chi connectivity index (χ2v) is 4.75. The lowest BCUT2D eigenvalue weighted by Crippen LogP contribution is -2.09. The molecule has 1 aromatic rings. The van der Waals surface area contributed by atoms with Gasteiger partial charge in [-0.25, -0.2) is 0 Å². The molecule has 0 saturated heterocycles. The molecule has 0 N–H and O–H groups in total. The van der Waals surface area contributed by atoms with E-state index >= 15 is 0 Å². The van der Waals surface area contributed by atoms with E-state index in [0.29, 0.717) is 5.56 Å². The van der Waals surface area contributed by atoms with Crippen molar-refractivity contribution < 1.29 is 23.1 Å². The van der Waals surface area contributed by atoms with Crippen molar-refractivity contribution in [1.29, 1.82) is 0 Å². The Kier molecular flexibility index (Phi) is 4.14. The molecule has 2 atom stereocenters.